The van der Waals surface area contributed by atoms with Crippen LogP contribution in [0, 0.1) is 5.92 Å². The number of rotatable bonds is 6. The molecule has 0 radical (unpaired) electrons. The summed E-state index contributed by atoms with van der Waals surface area (Å²) in [6.07, 6.45) is 2.42. The molecule has 6 heteroatoms. The zero-order valence-corrected chi connectivity index (χ0v) is 16.1. The second-order valence-corrected chi connectivity index (χ2v) is 7.29. The van der Waals surface area contributed by atoms with Gasteiger partial charge in [-0.25, -0.2) is 9.78 Å². The standard InChI is InChI=1S/C21H27N3O3/c1-15(16-8-5-4-6-9-16)27-18-10-7-12-22-19(18)24-20(25)23-14-17-11-13-26-21(17,2)3/h4-10,12,15,17H,11,13-14H2,1-3H3,(H2,22,23,24,25). The molecule has 2 N–H and O–H groups in total. The highest BCUT2D eigenvalue weighted by Crippen LogP contribution is 2.31. The summed E-state index contributed by atoms with van der Waals surface area (Å²) in [4.78, 5) is 16.6. The molecule has 2 atom stereocenters. The van der Waals surface area contributed by atoms with Gasteiger partial charge in [0.05, 0.1) is 5.60 Å². The third kappa shape index (κ3) is 4.98. The second-order valence-electron chi connectivity index (χ2n) is 7.29. The van der Waals surface area contributed by atoms with Crippen LogP contribution in [0.25, 0.3) is 0 Å². The predicted octanol–water partition coefficient (Wildman–Crippen LogP) is 4.16. The number of carbonyl (C=O) groups is 1. The number of anilines is 1. The first-order valence-corrected chi connectivity index (χ1v) is 9.31. The number of benzene rings is 1. The van der Waals surface area contributed by atoms with Crippen molar-refractivity contribution in [2.45, 2.75) is 38.9 Å². The minimum Gasteiger partial charge on any atom is -0.482 e. The van der Waals surface area contributed by atoms with Crippen LogP contribution in [0.15, 0.2) is 48.7 Å². The van der Waals surface area contributed by atoms with Gasteiger partial charge in [-0.3, -0.25) is 5.32 Å². The van der Waals surface area contributed by atoms with Crippen molar-refractivity contribution in [1.29, 1.82) is 0 Å². The van der Waals surface area contributed by atoms with Crippen molar-refractivity contribution in [3.05, 3.63) is 54.2 Å². The zero-order chi connectivity index (χ0) is 19.3. The zero-order valence-electron chi connectivity index (χ0n) is 16.1. The first-order valence-electron chi connectivity index (χ1n) is 9.31. The van der Waals surface area contributed by atoms with Crippen molar-refractivity contribution in [3.8, 4) is 5.75 Å². The van der Waals surface area contributed by atoms with E-state index in [9.17, 15) is 4.79 Å². The Bertz CT molecular complexity index is 764. The molecular formula is C21H27N3O3. The van der Waals surface area contributed by atoms with Gasteiger partial charge in [0.1, 0.15) is 6.10 Å². The molecule has 2 heterocycles. The van der Waals surface area contributed by atoms with Gasteiger partial charge in [-0.2, -0.15) is 0 Å². The summed E-state index contributed by atoms with van der Waals surface area (Å²) in [7, 11) is 0. The lowest BCUT2D eigenvalue weighted by atomic mass is 9.91. The van der Waals surface area contributed by atoms with Gasteiger partial charge >= 0.3 is 6.03 Å². The molecule has 3 rings (SSSR count). The van der Waals surface area contributed by atoms with Crippen molar-refractivity contribution < 1.29 is 14.3 Å². The highest BCUT2D eigenvalue weighted by atomic mass is 16.5. The highest BCUT2D eigenvalue weighted by Gasteiger charge is 2.35. The number of nitrogens with one attached hydrogen (secondary N) is 2. The maximum atomic E-state index is 12.3. The van der Waals surface area contributed by atoms with Crippen LogP contribution in [-0.4, -0.2) is 29.8 Å². The highest BCUT2D eigenvalue weighted by molar-refractivity contribution is 5.89. The lowest BCUT2D eigenvalue weighted by Gasteiger charge is -2.26. The van der Waals surface area contributed by atoms with Gasteiger partial charge in [0, 0.05) is 25.3 Å². The summed E-state index contributed by atoms with van der Waals surface area (Å²) in [5.74, 6) is 1.23. The molecule has 2 aromatic rings. The fourth-order valence-electron chi connectivity index (χ4n) is 3.21. The van der Waals surface area contributed by atoms with Crippen LogP contribution in [-0.2, 0) is 4.74 Å². The molecule has 1 aromatic carbocycles. The van der Waals surface area contributed by atoms with E-state index in [0.29, 0.717) is 24.0 Å². The van der Waals surface area contributed by atoms with Crippen molar-refractivity contribution in [2.75, 3.05) is 18.5 Å². The van der Waals surface area contributed by atoms with Gasteiger partial charge < -0.3 is 14.8 Å². The SMILES string of the molecule is CC(Oc1cccnc1NC(=O)NCC1CCOC1(C)C)c1ccccc1. The Morgan fingerprint density at radius 3 is 2.78 bits per heavy atom. The predicted molar refractivity (Wildman–Crippen MR) is 105 cm³/mol. The van der Waals surface area contributed by atoms with Gasteiger partial charge in [-0.15, -0.1) is 0 Å². The number of pyridine rings is 1. The fraction of sp³-hybridized carbons (Fsp3) is 0.429. The molecule has 2 unspecified atom stereocenters. The minimum atomic E-state index is -0.298. The van der Waals surface area contributed by atoms with Gasteiger partial charge in [0.2, 0.25) is 0 Å². The van der Waals surface area contributed by atoms with E-state index in [4.69, 9.17) is 9.47 Å². The largest absolute Gasteiger partial charge is 0.482 e. The van der Waals surface area contributed by atoms with Crippen LogP contribution in [0.3, 0.4) is 0 Å². The van der Waals surface area contributed by atoms with Crippen LogP contribution in [0.5, 0.6) is 5.75 Å². The molecule has 0 spiro atoms. The Labute approximate surface area is 160 Å². The fourth-order valence-corrected chi connectivity index (χ4v) is 3.21. The van der Waals surface area contributed by atoms with E-state index in [0.717, 1.165) is 18.6 Å². The molecule has 144 valence electrons. The van der Waals surface area contributed by atoms with Crippen molar-refractivity contribution in [3.63, 3.8) is 0 Å². The number of nitrogens with zero attached hydrogens (tertiary/aromatic N) is 1. The van der Waals surface area contributed by atoms with Crippen LogP contribution >= 0.6 is 0 Å². The first-order chi connectivity index (χ1) is 13.0. The lowest BCUT2D eigenvalue weighted by Crippen LogP contribution is -2.39. The first kappa shape index (κ1) is 19.2. The Hall–Kier alpha value is -2.60. The quantitative estimate of drug-likeness (QED) is 0.802. The van der Waals surface area contributed by atoms with Crippen molar-refractivity contribution in [1.82, 2.24) is 10.3 Å². The smallest absolute Gasteiger partial charge is 0.320 e. The topological polar surface area (TPSA) is 72.5 Å². The van der Waals surface area contributed by atoms with Crippen LogP contribution in [0.2, 0.25) is 0 Å². The summed E-state index contributed by atoms with van der Waals surface area (Å²) in [5, 5.41) is 5.71. The molecule has 2 amide bonds. The third-order valence-corrected chi connectivity index (χ3v) is 5.01. The van der Waals surface area contributed by atoms with Gasteiger partial charge in [0.15, 0.2) is 11.6 Å². The number of hydrogen-bond acceptors (Lipinski definition) is 4. The number of aromatic nitrogens is 1. The summed E-state index contributed by atoms with van der Waals surface area (Å²) in [6.45, 7) is 7.37. The van der Waals surface area contributed by atoms with Crippen LogP contribution < -0.4 is 15.4 Å². The molecule has 1 saturated heterocycles. The van der Waals surface area contributed by atoms with Crippen molar-refractivity contribution >= 4 is 11.8 Å². The maximum absolute atomic E-state index is 12.3. The lowest BCUT2D eigenvalue weighted by molar-refractivity contribution is 0.0120. The van der Waals surface area contributed by atoms with Crippen molar-refractivity contribution in [2.24, 2.45) is 5.92 Å². The monoisotopic (exact) mass is 369 g/mol. The normalized spacial score (nSPS) is 19.3. The molecule has 1 aromatic heterocycles. The second kappa shape index (κ2) is 8.39. The van der Waals surface area contributed by atoms with E-state index in [1.807, 2.05) is 37.3 Å². The molecule has 1 fully saturated rings. The van der Waals surface area contributed by atoms with Crippen LogP contribution in [0.1, 0.15) is 38.9 Å². The molecule has 0 bridgehead atoms. The van der Waals surface area contributed by atoms with Crippen LogP contribution in [0.4, 0.5) is 10.6 Å². The third-order valence-electron chi connectivity index (χ3n) is 5.01. The molecule has 6 nitrogen and oxygen atoms in total. The van der Waals surface area contributed by atoms with E-state index in [1.165, 1.54) is 0 Å². The summed E-state index contributed by atoms with van der Waals surface area (Å²) >= 11 is 0. The van der Waals surface area contributed by atoms with E-state index in [-0.39, 0.29) is 17.7 Å². The molecule has 0 aliphatic carbocycles. The molecule has 1 aliphatic rings. The Kier molecular flexibility index (Phi) is 5.96. The summed E-state index contributed by atoms with van der Waals surface area (Å²) < 4.78 is 11.7. The van der Waals surface area contributed by atoms with Gasteiger partial charge in [-0.1, -0.05) is 30.3 Å². The minimum absolute atomic E-state index is 0.157. The summed E-state index contributed by atoms with van der Waals surface area (Å²) in [6, 6.07) is 13.2. The van der Waals surface area contributed by atoms with E-state index in [1.54, 1.807) is 18.3 Å². The Morgan fingerprint density at radius 1 is 1.30 bits per heavy atom. The Balaban J connectivity index is 1.59. The van der Waals surface area contributed by atoms with E-state index < -0.39 is 0 Å². The Morgan fingerprint density at radius 2 is 2.07 bits per heavy atom. The molecule has 0 saturated carbocycles. The summed E-state index contributed by atoms with van der Waals surface area (Å²) in [5.41, 5.74) is 0.845. The average molecular weight is 369 g/mol. The number of ether oxygens (including phenoxy) is 2. The number of hydrogen-bond donors (Lipinski definition) is 2. The van der Waals surface area contributed by atoms with Gasteiger partial charge in [-0.05, 0) is 44.9 Å². The van der Waals surface area contributed by atoms with E-state index >= 15 is 0 Å². The maximum Gasteiger partial charge on any atom is 0.320 e. The molecular weight excluding hydrogens is 342 g/mol. The van der Waals surface area contributed by atoms with Gasteiger partial charge in [0.25, 0.3) is 0 Å². The molecule has 27 heavy (non-hydrogen) atoms. The number of urea groups is 1. The number of carbonyl (C=O) groups excluding carboxylic acids is 1. The number of amides is 2. The average Bonchev–Trinajstić information content (AvgIpc) is 3.00. The van der Waals surface area contributed by atoms with E-state index in [2.05, 4.69) is 29.5 Å². The molecule has 1 aliphatic heterocycles.